The van der Waals surface area contributed by atoms with E-state index < -0.39 is 12.5 Å². The summed E-state index contributed by atoms with van der Waals surface area (Å²) in [6.07, 6.45) is 1.50. The molecule has 0 aliphatic rings. The molecular formula is C23H16F2N2O3. The maximum Gasteiger partial charge on any atom is 0.320 e. The van der Waals surface area contributed by atoms with E-state index in [9.17, 15) is 13.6 Å². The molecule has 0 fully saturated rings. The van der Waals surface area contributed by atoms with E-state index in [1.54, 1.807) is 24.3 Å². The van der Waals surface area contributed by atoms with Gasteiger partial charge in [0.05, 0.1) is 23.7 Å². The number of benzene rings is 3. The second kappa shape index (κ2) is 7.26. The lowest BCUT2D eigenvalue weighted by molar-refractivity contribution is -0.144. The highest BCUT2D eigenvalue weighted by Gasteiger charge is 2.19. The zero-order valence-electron chi connectivity index (χ0n) is 15.7. The van der Waals surface area contributed by atoms with Crippen LogP contribution < -0.4 is 0 Å². The van der Waals surface area contributed by atoms with Gasteiger partial charge in [0.15, 0.2) is 5.82 Å². The van der Waals surface area contributed by atoms with Gasteiger partial charge in [-0.3, -0.25) is 9.36 Å². The fraction of sp³-hybridized carbons (Fsp3) is 0.130. The summed E-state index contributed by atoms with van der Waals surface area (Å²) >= 11 is 0. The van der Waals surface area contributed by atoms with E-state index in [0.717, 1.165) is 20.7 Å². The molecule has 0 unspecified atom stereocenters. The number of rotatable bonds is 5. The van der Waals surface area contributed by atoms with E-state index in [1.165, 1.54) is 6.26 Å². The second-order valence-corrected chi connectivity index (χ2v) is 6.92. The van der Waals surface area contributed by atoms with Gasteiger partial charge < -0.3 is 9.15 Å². The number of carbonyl (C=O) groups excluding carboxylic acids is 1. The predicted octanol–water partition coefficient (Wildman–Crippen LogP) is 5.62. The smallest absolute Gasteiger partial charge is 0.320 e. The summed E-state index contributed by atoms with van der Waals surface area (Å²) < 4.78 is 38.7. The first kappa shape index (κ1) is 18.3. The molecule has 0 atom stereocenters. The van der Waals surface area contributed by atoms with E-state index in [0.29, 0.717) is 22.2 Å². The van der Waals surface area contributed by atoms with Crippen molar-refractivity contribution in [1.29, 1.82) is 0 Å². The Hall–Kier alpha value is -3.74. The first-order valence-electron chi connectivity index (χ1n) is 9.39. The van der Waals surface area contributed by atoms with Crippen LogP contribution in [0.25, 0.3) is 32.8 Å². The van der Waals surface area contributed by atoms with Crippen molar-refractivity contribution in [3.05, 3.63) is 78.3 Å². The monoisotopic (exact) mass is 406 g/mol. The number of halogens is 2. The minimum Gasteiger partial charge on any atom is -0.464 e. The number of imidazole rings is 1. The number of hydrogen-bond donors (Lipinski definition) is 0. The summed E-state index contributed by atoms with van der Waals surface area (Å²) in [7, 11) is 0. The van der Waals surface area contributed by atoms with E-state index in [1.807, 2.05) is 36.4 Å². The van der Waals surface area contributed by atoms with E-state index in [-0.39, 0.29) is 18.9 Å². The quantitative estimate of drug-likeness (QED) is 0.356. The molecule has 0 radical (unpaired) electrons. The summed E-state index contributed by atoms with van der Waals surface area (Å²) in [5.74, 6) is -0.541. The molecule has 0 saturated heterocycles. The second-order valence-electron chi connectivity index (χ2n) is 6.92. The molecule has 0 aliphatic carbocycles. The number of para-hydroxylation sites is 2. The zero-order valence-corrected chi connectivity index (χ0v) is 15.7. The Bertz CT molecular complexity index is 1390. The summed E-state index contributed by atoms with van der Waals surface area (Å²) in [4.78, 5) is 16.7. The summed E-state index contributed by atoms with van der Waals surface area (Å²) in [5, 5.41) is 2.86. The van der Waals surface area contributed by atoms with Crippen molar-refractivity contribution in [2.24, 2.45) is 0 Å². The van der Waals surface area contributed by atoms with E-state index in [2.05, 4.69) is 4.98 Å². The molecule has 3 aromatic carbocycles. The van der Waals surface area contributed by atoms with Gasteiger partial charge in [-0.25, -0.2) is 4.98 Å². The van der Waals surface area contributed by atoms with Gasteiger partial charge in [-0.1, -0.05) is 42.5 Å². The van der Waals surface area contributed by atoms with Crippen LogP contribution in [0, 0.1) is 0 Å². The Kier molecular flexibility index (Phi) is 4.43. The molecule has 0 N–H and O–H groups in total. The molecule has 0 amide bonds. The molecule has 2 heterocycles. The van der Waals surface area contributed by atoms with Crippen molar-refractivity contribution in [2.75, 3.05) is 0 Å². The topological polar surface area (TPSA) is 57.3 Å². The fourth-order valence-electron chi connectivity index (χ4n) is 3.77. The molecule has 5 rings (SSSR count). The van der Waals surface area contributed by atoms with Gasteiger partial charge in [0.25, 0.3) is 0 Å². The van der Waals surface area contributed by atoms with E-state index >= 15 is 0 Å². The van der Waals surface area contributed by atoms with Crippen molar-refractivity contribution in [3.63, 3.8) is 0 Å². The molecular weight excluding hydrogens is 390 g/mol. The SMILES string of the molecule is O=C(Cc1coc2ccc3ccccc3c12)OCc1nc2ccccc2n1C(F)F. The van der Waals surface area contributed by atoms with Crippen molar-refractivity contribution >= 4 is 38.7 Å². The maximum absolute atomic E-state index is 13.5. The van der Waals surface area contributed by atoms with Crippen LogP contribution in [-0.2, 0) is 22.6 Å². The minimum absolute atomic E-state index is 0.00190. The lowest BCUT2D eigenvalue weighted by Gasteiger charge is -2.08. The third kappa shape index (κ3) is 3.08. The first-order chi connectivity index (χ1) is 14.6. The van der Waals surface area contributed by atoms with Crippen LogP contribution >= 0.6 is 0 Å². The molecule has 30 heavy (non-hydrogen) atoms. The van der Waals surface area contributed by atoms with Gasteiger partial charge in [-0.15, -0.1) is 0 Å². The fourth-order valence-corrected chi connectivity index (χ4v) is 3.77. The summed E-state index contributed by atoms with van der Waals surface area (Å²) in [6.45, 7) is -3.12. The first-order valence-corrected chi connectivity index (χ1v) is 9.39. The Morgan fingerprint density at radius 1 is 1.07 bits per heavy atom. The number of esters is 1. The highest BCUT2D eigenvalue weighted by molar-refractivity contribution is 6.08. The number of nitrogens with zero attached hydrogens (tertiary/aromatic N) is 2. The maximum atomic E-state index is 13.5. The number of carbonyl (C=O) groups is 1. The number of hydrogen-bond acceptors (Lipinski definition) is 4. The molecule has 2 aromatic heterocycles. The third-order valence-corrected chi connectivity index (χ3v) is 5.10. The lowest BCUT2D eigenvalue weighted by atomic mass is 10.0. The molecule has 0 spiro atoms. The molecule has 0 saturated carbocycles. The van der Waals surface area contributed by atoms with Crippen LogP contribution in [0.15, 0.2) is 71.3 Å². The Morgan fingerprint density at radius 3 is 2.73 bits per heavy atom. The third-order valence-electron chi connectivity index (χ3n) is 5.10. The molecule has 0 bridgehead atoms. The standard InChI is InChI=1S/C23H16F2N2O3/c24-23(25)27-18-8-4-3-7-17(18)26-20(27)13-30-21(28)11-15-12-29-19-10-9-14-5-1-2-6-16(14)22(15)19/h1-10,12,23H,11,13H2. The number of furan rings is 1. The Morgan fingerprint density at radius 2 is 1.87 bits per heavy atom. The average molecular weight is 406 g/mol. The van der Waals surface area contributed by atoms with Crippen LogP contribution in [0.5, 0.6) is 0 Å². The molecule has 5 nitrogen and oxygen atoms in total. The molecule has 7 heteroatoms. The highest BCUT2D eigenvalue weighted by Crippen LogP contribution is 2.30. The van der Waals surface area contributed by atoms with Gasteiger partial charge in [0.2, 0.25) is 0 Å². The van der Waals surface area contributed by atoms with Gasteiger partial charge >= 0.3 is 12.5 Å². The highest BCUT2D eigenvalue weighted by atomic mass is 19.3. The molecule has 150 valence electrons. The number of ether oxygens (including phenoxy) is 1. The molecule has 0 aliphatic heterocycles. The number of alkyl halides is 2. The van der Waals surface area contributed by atoms with Crippen LogP contribution in [0.4, 0.5) is 8.78 Å². The van der Waals surface area contributed by atoms with Gasteiger partial charge in [-0.2, -0.15) is 8.78 Å². The van der Waals surface area contributed by atoms with Crippen LogP contribution in [0.1, 0.15) is 17.9 Å². The average Bonchev–Trinajstić information content (AvgIpc) is 3.33. The predicted molar refractivity (Wildman–Crippen MR) is 108 cm³/mol. The van der Waals surface area contributed by atoms with Gasteiger partial charge in [0, 0.05) is 10.9 Å². The van der Waals surface area contributed by atoms with Crippen LogP contribution in [0.3, 0.4) is 0 Å². The van der Waals surface area contributed by atoms with Crippen molar-refractivity contribution < 1.29 is 22.7 Å². The van der Waals surface area contributed by atoms with Gasteiger partial charge in [0.1, 0.15) is 12.2 Å². The number of aromatic nitrogens is 2. The Balaban J connectivity index is 1.40. The van der Waals surface area contributed by atoms with Gasteiger partial charge in [-0.05, 0) is 29.0 Å². The lowest BCUT2D eigenvalue weighted by Crippen LogP contribution is -2.12. The van der Waals surface area contributed by atoms with E-state index in [4.69, 9.17) is 9.15 Å². The van der Waals surface area contributed by atoms with Crippen molar-refractivity contribution in [2.45, 2.75) is 19.6 Å². The summed E-state index contributed by atoms with van der Waals surface area (Å²) in [6, 6.07) is 18.2. The largest absolute Gasteiger partial charge is 0.464 e. The normalized spacial score (nSPS) is 11.7. The minimum atomic E-state index is -2.78. The Labute approximate surface area is 169 Å². The van der Waals surface area contributed by atoms with Crippen LogP contribution in [0.2, 0.25) is 0 Å². The number of fused-ring (bicyclic) bond motifs is 4. The van der Waals surface area contributed by atoms with Crippen LogP contribution in [-0.4, -0.2) is 15.5 Å². The summed E-state index contributed by atoms with van der Waals surface area (Å²) in [5.41, 5.74) is 2.09. The zero-order chi connectivity index (χ0) is 20.7. The molecule has 5 aromatic rings. The van der Waals surface area contributed by atoms with Crippen molar-refractivity contribution in [3.8, 4) is 0 Å². The van der Waals surface area contributed by atoms with Crippen molar-refractivity contribution in [1.82, 2.24) is 9.55 Å².